The normalized spacial score (nSPS) is 23.2. The van der Waals surface area contributed by atoms with Crippen molar-refractivity contribution in [3.63, 3.8) is 0 Å². The Kier molecular flexibility index (Phi) is 11.3. The zero-order valence-corrected chi connectivity index (χ0v) is 41.0. The van der Waals surface area contributed by atoms with Gasteiger partial charge in [0.15, 0.2) is 0 Å². The van der Waals surface area contributed by atoms with Gasteiger partial charge in [0.1, 0.15) is 35.3 Å². The molecule has 2 saturated carbocycles. The minimum atomic E-state index is -0.773. The summed E-state index contributed by atoms with van der Waals surface area (Å²) >= 11 is 1.62. The monoisotopic (exact) mass is 972 g/mol. The van der Waals surface area contributed by atoms with Crippen LogP contribution >= 0.6 is 11.3 Å². The van der Waals surface area contributed by atoms with Gasteiger partial charge in [-0.15, -0.1) is 11.3 Å². The lowest BCUT2D eigenvalue weighted by Crippen LogP contribution is -2.52. The predicted molar refractivity (Wildman–Crippen MR) is 258 cm³/mol. The first kappa shape index (κ1) is 45.7. The number of imidazole rings is 2. The van der Waals surface area contributed by atoms with E-state index in [1.807, 2.05) is 63.1 Å². The molecule has 7 heterocycles. The van der Waals surface area contributed by atoms with Gasteiger partial charge in [-0.2, -0.15) is 0 Å². The summed E-state index contributed by atoms with van der Waals surface area (Å²) in [6.45, 7) is 10.3. The van der Waals surface area contributed by atoms with Gasteiger partial charge in [0.2, 0.25) is 18.0 Å². The van der Waals surface area contributed by atoms with Crippen molar-refractivity contribution in [2.45, 2.75) is 115 Å². The summed E-state index contributed by atoms with van der Waals surface area (Å²) in [6, 6.07) is 9.30. The average molecular weight is 973 g/mol. The van der Waals surface area contributed by atoms with Gasteiger partial charge < -0.3 is 44.6 Å². The number of halogens is 1. The molecular weight excluding hydrogens is 916 g/mol. The molecule has 3 unspecified atom stereocenters. The maximum absolute atomic E-state index is 17.0. The zero-order chi connectivity index (χ0) is 48.9. The van der Waals surface area contributed by atoms with E-state index >= 15 is 4.39 Å². The number of H-pyrrole nitrogens is 2. The Morgan fingerprint density at radius 1 is 0.829 bits per heavy atom. The van der Waals surface area contributed by atoms with Crippen LogP contribution in [0.15, 0.2) is 55.0 Å². The van der Waals surface area contributed by atoms with E-state index < -0.39 is 36.3 Å². The summed E-state index contributed by atoms with van der Waals surface area (Å²) in [6.07, 6.45) is 8.67. The maximum Gasteiger partial charge on any atom is 0.407 e. The fraction of sp³-hybridized carbons (Fsp3) is 0.471. The van der Waals surface area contributed by atoms with Gasteiger partial charge in [0.25, 0.3) is 0 Å². The largest absolute Gasteiger partial charge is 0.464 e. The van der Waals surface area contributed by atoms with Gasteiger partial charge in [0.05, 0.1) is 76.7 Å². The summed E-state index contributed by atoms with van der Waals surface area (Å²) < 4.78 is 35.5. The van der Waals surface area contributed by atoms with Crippen molar-refractivity contribution in [2.24, 2.45) is 17.3 Å². The Balaban J connectivity index is 0.912. The third-order valence-corrected chi connectivity index (χ3v) is 16.2. The number of hydrogen-bond acceptors (Lipinski definition) is 11. The highest BCUT2D eigenvalue weighted by Crippen LogP contribution is 2.63. The van der Waals surface area contributed by atoms with Crippen LogP contribution in [0.1, 0.15) is 119 Å². The summed E-state index contributed by atoms with van der Waals surface area (Å²) in [5, 5.41) is 7.39. The number of nitrogens with zero attached hydrogens (tertiary/aromatic N) is 6. The van der Waals surface area contributed by atoms with E-state index in [4.69, 9.17) is 29.2 Å². The van der Waals surface area contributed by atoms with Crippen molar-refractivity contribution in [3.8, 4) is 39.5 Å². The lowest BCUT2D eigenvalue weighted by Gasteiger charge is -2.31. The van der Waals surface area contributed by atoms with Crippen molar-refractivity contribution < 1.29 is 37.8 Å². The standard InChI is InChI=1S/C51H57FN10O7S/c1-24(2)41(58-49(65)67-6)46(63)60-14-8-9-34(60)43-53-22-32(57-43)28-16-30(52)40-35-17-29-15-27(12-13-33(29)61(35)48(69-37(40)18-28)38-23-55-45(70-38)26-10-11-26)31-21-54-44(56-31)36-19-51(5)20-39(51)62(36)47(64)42(25(3)4)59-50(66)68-7/h12-13,15-18,21-26,34,36,39,41-42,48H,8-11,14,19-20H2,1-7H3,(H,53,57)(H,54,56)(H,58,65)(H,59,66)/t34-,36-,39?,41-,42-,48?,51?/m0/s1. The van der Waals surface area contributed by atoms with Gasteiger partial charge in [-0.3, -0.25) is 14.2 Å². The van der Waals surface area contributed by atoms with Gasteiger partial charge in [-0.1, -0.05) is 40.7 Å². The van der Waals surface area contributed by atoms with Crippen LogP contribution < -0.4 is 15.4 Å². The van der Waals surface area contributed by atoms with Crippen molar-refractivity contribution in [1.82, 2.24) is 49.9 Å². The number of carbonyl (C=O) groups excluding carboxylic acids is 4. The van der Waals surface area contributed by atoms with Gasteiger partial charge in [0, 0.05) is 41.2 Å². The zero-order valence-electron chi connectivity index (χ0n) is 40.2. The number of aromatic amines is 2. The molecule has 70 heavy (non-hydrogen) atoms. The first-order chi connectivity index (χ1) is 33.6. The third kappa shape index (κ3) is 7.85. The molecule has 366 valence electrons. The number of benzene rings is 2. The summed E-state index contributed by atoms with van der Waals surface area (Å²) in [4.78, 5) is 78.3. The Morgan fingerprint density at radius 3 is 2.17 bits per heavy atom. The van der Waals surface area contributed by atoms with Crippen molar-refractivity contribution in [2.75, 3.05) is 20.8 Å². The summed E-state index contributed by atoms with van der Waals surface area (Å²) in [7, 11) is 2.56. The molecule has 7 atom stereocenters. The minimum absolute atomic E-state index is 0.0303. The number of aromatic nitrogens is 6. The highest BCUT2D eigenvalue weighted by atomic mass is 32.1. The number of ether oxygens (including phenoxy) is 3. The number of likely N-dealkylation sites (tertiary alicyclic amines) is 2. The second-order valence-corrected chi connectivity index (χ2v) is 21.6. The van der Waals surface area contributed by atoms with Crippen LogP contribution in [0.3, 0.4) is 0 Å². The number of nitrogens with one attached hydrogen (secondary N) is 4. The van der Waals surface area contributed by atoms with E-state index in [-0.39, 0.29) is 47.2 Å². The number of carbonyl (C=O) groups is 4. The molecule has 4 amide bonds. The van der Waals surface area contributed by atoms with Crippen molar-refractivity contribution >= 4 is 46.2 Å². The van der Waals surface area contributed by atoms with E-state index in [1.54, 1.807) is 28.6 Å². The molecule has 2 saturated heterocycles. The number of amides is 4. The molecule has 0 spiro atoms. The third-order valence-electron chi connectivity index (χ3n) is 15.0. The molecular formula is C51H57FN10O7S. The lowest BCUT2D eigenvalue weighted by atomic mass is 10.00. The van der Waals surface area contributed by atoms with Gasteiger partial charge in [-0.05, 0) is 86.1 Å². The van der Waals surface area contributed by atoms with Crippen molar-refractivity contribution in [3.05, 3.63) is 82.3 Å². The van der Waals surface area contributed by atoms with E-state index in [9.17, 15) is 19.2 Å². The van der Waals surface area contributed by atoms with Crippen LogP contribution in [-0.4, -0.2) is 102 Å². The topological polar surface area (TPSA) is 202 Å². The number of thiazole rings is 1. The molecule has 11 rings (SSSR count). The average Bonchev–Trinajstić information content (AvgIpc) is 3.81. The van der Waals surface area contributed by atoms with Crippen LogP contribution in [-0.2, 0) is 19.1 Å². The molecule has 3 aliphatic heterocycles. The van der Waals surface area contributed by atoms with Crippen LogP contribution in [0.2, 0.25) is 0 Å². The minimum Gasteiger partial charge on any atom is -0.464 e. The number of methoxy groups -OCH3 is 2. The van der Waals surface area contributed by atoms with E-state index in [1.165, 1.54) is 20.3 Å². The van der Waals surface area contributed by atoms with Crippen molar-refractivity contribution in [1.29, 1.82) is 0 Å². The fourth-order valence-electron chi connectivity index (χ4n) is 10.9. The van der Waals surface area contributed by atoms with Gasteiger partial charge >= 0.3 is 12.2 Å². The molecule has 4 fully saturated rings. The fourth-order valence-corrected chi connectivity index (χ4v) is 12.0. The molecule has 4 aromatic heterocycles. The van der Waals surface area contributed by atoms with Crippen LogP contribution in [0.5, 0.6) is 5.75 Å². The molecule has 0 radical (unpaired) electrons. The van der Waals surface area contributed by atoms with Crippen LogP contribution in [0.4, 0.5) is 14.0 Å². The lowest BCUT2D eigenvalue weighted by molar-refractivity contribution is -0.137. The summed E-state index contributed by atoms with van der Waals surface area (Å²) in [5.41, 5.74) is 4.57. The van der Waals surface area contributed by atoms with Gasteiger partial charge in [-0.25, -0.2) is 28.9 Å². The molecule has 0 bridgehead atoms. The number of fused-ring (bicyclic) bond motifs is 6. The number of rotatable bonds is 12. The maximum atomic E-state index is 17.0. The van der Waals surface area contributed by atoms with E-state index in [0.717, 1.165) is 64.1 Å². The molecule has 2 aliphatic carbocycles. The predicted octanol–water partition coefficient (Wildman–Crippen LogP) is 8.98. The quantitative estimate of drug-likeness (QED) is 0.0917. The molecule has 19 heteroatoms. The van der Waals surface area contributed by atoms with E-state index in [2.05, 4.69) is 38.2 Å². The van der Waals surface area contributed by atoms with E-state index in [0.29, 0.717) is 58.8 Å². The molecule has 6 aromatic rings. The van der Waals surface area contributed by atoms with Crippen LogP contribution in [0, 0.1) is 23.1 Å². The second kappa shape index (κ2) is 17.3. The highest BCUT2D eigenvalue weighted by molar-refractivity contribution is 7.11. The molecule has 17 nitrogen and oxygen atoms in total. The molecule has 2 aromatic carbocycles. The Morgan fingerprint density at radius 2 is 1.50 bits per heavy atom. The van der Waals surface area contributed by atoms with Crippen LogP contribution in [0.25, 0.3) is 44.7 Å². The SMILES string of the molecule is COC(=O)N[C@H](C(=O)N1CCC[C@H]1c1ncc(-c2cc(F)c3c(c2)OC(c2cnc(C4CC4)s2)n2c-3cc3cc(-c4cnc([C@@H]5CC6(C)CC6N5C(=O)[C@@H](NC(=O)OC)C(C)C)[nH]4)ccc32)[nH]1)C(C)C. The number of hydrogen-bond donors (Lipinski definition) is 4. The first-order valence-corrected chi connectivity index (χ1v) is 25.0. The first-order valence-electron chi connectivity index (χ1n) is 24.2. The Labute approximate surface area is 407 Å². The second-order valence-electron chi connectivity index (χ2n) is 20.5. The Bertz CT molecular complexity index is 3060. The summed E-state index contributed by atoms with van der Waals surface area (Å²) in [5.74, 6) is 0.900. The smallest absolute Gasteiger partial charge is 0.407 e. The number of piperidine rings is 1. The Hall–Kier alpha value is -6.76. The number of alkyl carbamates (subject to hydrolysis) is 2. The highest BCUT2D eigenvalue weighted by Gasteiger charge is 2.64. The molecule has 4 N–H and O–H groups in total. The molecule has 5 aliphatic rings.